The number of nitrogens with two attached hydrogens (primary N) is 1. The summed E-state index contributed by atoms with van der Waals surface area (Å²) in [6.45, 7) is 3.75. The molecule has 1 fully saturated rings. The van der Waals surface area contributed by atoms with Crippen molar-refractivity contribution in [2.45, 2.75) is 37.8 Å². The first kappa shape index (κ1) is 16.6. The van der Waals surface area contributed by atoms with Crippen LogP contribution in [-0.4, -0.2) is 31.5 Å². The fraction of sp³-hybridized carbons (Fsp3) is 0.600. The third-order valence-electron chi connectivity index (χ3n) is 4.08. The topological polar surface area (TPSA) is 56.5 Å². The van der Waals surface area contributed by atoms with Crippen LogP contribution < -0.4 is 11.3 Å². The Morgan fingerprint density at radius 1 is 1.48 bits per heavy atom. The molecule has 1 aliphatic rings. The van der Waals surface area contributed by atoms with Gasteiger partial charge in [-0.15, -0.1) is 0 Å². The zero-order valence-corrected chi connectivity index (χ0v) is 13.0. The summed E-state index contributed by atoms with van der Waals surface area (Å²) < 4.78 is 25.4. The Bertz CT molecular complexity index is 441. The number of ether oxygens (including phenoxy) is 2. The van der Waals surface area contributed by atoms with Crippen LogP contribution in [0.4, 0.5) is 4.39 Å². The number of rotatable bonds is 6. The van der Waals surface area contributed by atoms with Crippen molar-refractivity contribution in [1.29, 1.82) is 0 Å². The molecule has 1 aromatic rings. The molecule has 1 aromatic carbocycles. The molecule has 0 radical (unpaired) electrons. The van der Waals surface area contributed by atoms with E-state index in [4.69, 9.17) is 26.9 Å². The summed E-state index contributed by atoms with van der Waals surface area (Å²) in [6.07, 6.45) is 1.82. The summed E-state index contributed by atoms with van der Waals surface area (Å²) >= 11 is 6.12. The fourth-order valence-electron chi connectivity index (χ4n) is 2.93. The number of hydrogen-bond acceptors (Lipinski definition) is 4. The van der Waals surface area contributed by atoms with Gasteiger partial charge in [0.15, 0.2) is 0 Å². The highest BCUT2D eigenvalue weighted by molar-refractivity contribution is 6.31. The van der Waals surface area contributed by atoms with E-state index in [0.717, 1.165) is 12.8 Å². The quantitative estimate of drug-likeness (QED) is 0.625. The molecule has 2 rings (SSSR count). The highest BCUT2D eigenvalue weighted by atomic mass is 35.5. The molecular weight excluding hydrogens is 295 g/mol. The lowest BCUT2D eigenvalue weighted by Crippen LogP contribution is -2.58. The molecule has 0 spiro atoms. The summed E-state index contributed by atoms with van der Waals surface area (Å²) in [6, 6.07) is 4.46. The zero-order valence-electron chi connectivity index (χ0n) is 12.2. The average Bonchev–Trinajstić information content (AvgIpc) is 2.48. The van der Waals surface area contributed by atoms with E-state index in [1.54, 1.807) is 12.1 Å². The van der Waals surface area contributed by atoms with Gasteiger partial charge in [0.2, 0.25) is 0 Å². The van der Waals surface area contributed by atoms with Gasteiger partial charge in [-0.2, -0.15) is 0 Å². The maximum Gasteiger partial charge on any atom is 0.127 e. The molecule has 4 nitrogen and oxygen atoms in total. The molecule has 1 aliphatic heterocycles. The Morgan fingerprint density at radius 2 is 2.19 bits per heavy atom. The Balaban J connectivity index is 2.24. The third kappa shape index (κ3) is 3.73. The minimum Gasteiger partial charge on any atom is -0.381 e. The first-order chi connectivity index (χ1) is 10.1. The number of hydrogen-bond donors (Lipinski definition) is 2. The molecule has 118 valence electrons. The normalized spacial score (nSPS) is 19.4. The monoisotopic (exact) mass is 316 g/mol. The van der Waals surface area contributed by atoms with Gasteiger partial charge in [0, 0.05) is 43.2 Å². The molecule has 1 heterocycles. The molecule has 3 N–H and O–H groups in total. The fourth-order valence-corrected chi connectivity index (χ4v) is 3.17. The van der Waals surface area contributed by atoms with Gasteiger partial charge in [0.05, 0.1) is 11.6 Å². The molecule has 0 amide bonds. The van der Waals surface area contributed by atoms with E-state index in [9.17, 15) is 4.39 Å². The highest BCUT2D eigenvalue weighted by Crippen LogP contribution is 2.32. The molecule has 21 heavy (non-hydrogen) atoms. The van der Waals surface area contributed by atoms with Crippen LogP contribution in [0.15, 0.2) is 18.2 Å². The SMILES string of the molecule is CCOC1(C(Cc2c(F)cccc2Cl)NN)CCOCC1. The Labute approximate surface area is 129 Å². The van der Waals surface area contributed by atoms with Crippen molar-refractivity contribution in [1.82, 2.24) is 5.43 Å². The minimum atomic E-state index is -0.451. The van der Waals surface area contributed by atoms with Crippen LogP contribution in [0.25, 0.3) is 0 Å². The van der Waals surface area contributed by atoms with Crippen LogP contribution in [0.3, 0.4) is 0 Å². The first-order valence-electron chi connectivity index (χ1n) is 7.23. The molecular formula is C15H22ClFN2O2. The van der Waals surface area contributed by atoms with Gasteiger partial charge in [-0.3, -0.25) is 11.3 Å². The largest absolute Gasteiger partial charge is 0.381 e. The number of hydrazine groups is 1. The van der Waals surface area contributed by atoms with Crippen molar-refractivity contribution in [3.8, 4) is 0 Å². The third-order valence-corrected chi connectivity index (χ3v) is 4.43. The van der Waals surface area contributed by atoms with Crippen molar-refractivity contribution in [3.05, 3.63) is 34.6 Å². The van der Waals surface area contributed by atoms with Crippen LogP contribution in [0.1, 0.15) is 25.3 Å². The van der Waals surface area contributed by atoms with Crippen molar-refractivity contribution in [3.63, 3.8) is 0 Å². The van der Waals surface area contributed by atoms with E-state index < -0.39 is 5.60 Å². The lowest BCUT2D eigenvalue weighted by Gasteiger charge is -2.43. The highest BCUT2D eigenvalue weighted by Gasteiger charge is 2.41. The molecule has 0 saturated carbocycles. The Hall–Kier alpha value is -0.720. The van der Waals surface area contributed by atoms with E-state index in [-0.39, 0.29) is 11.9 Å². The van der Waals surface area contributed by atoms with Crippen LogP contribution in [0.5, 0.6) is 0 Å². The Morgan fingerprint density at radius 3 is 2.76 bits per heavy atom. The first-order valence-corrected chi connectivity index (χ1v) is 7.61. The van der Waals surface area contributed by atoms with Gasteiger partial charge in [0.25, 0.3) is 0 Å². The van der Waals surface area contributed by atoms with Crippen molar-refractivity contribution in [2.75, 3.05) is 19.8 Å². The summed E-state index contributed by atoms with van der Waals surface area (Å²) in [5.74, 6) is 5.41. The van der Waals surface area contributed by atoms with Gasteiger partial charge in [-0.1, -0.05) is 17.7 Å². The zero-order chi connectivity index (χ0) is 15.3. The second-order valence-electron chi connectivity index (χ2n) is 5.23. The van der Waals surface area contributed by atoms with Crippen molar-refractivity contribution >= 4 is 11.6 Å². The molecule has 0 bridgehead atoms. The van der Waals surface area contributed by atoms with Crippen molar-refractivity contribution < 1.29 is 13.9 Å². The number of halogens is 2. The maximum atomic E-state index is 14.0. The summed E-state index contributed by atoms with van der Waals surface area (Å²) in [4.78, 5) is 0. The summed E-state index contributed by atoms with van der Waals surface area (Å²) in [5.41, 5.74) is 2.81. The summed E-state index contributed by atoms with van der Waals surface area (Å²) in [7, 11) is 0. The van der Waals surface area contributed by atoms with Gasteiger partial charge < -0.3 is 9.47 Å². The second kappa shape index (κ2) is 7.51. The smallest absolute Gasteiger partial charge is 0.127 e. The molecule has 1 atom stereocenters. The molecule has 1 unspecified atom stereocenters. The predicted octanol–water partition coefficient (Wildman–Crippen LogP) is 2.44. The van der Waals surface area contributed by atoms with Crippen LogP contribution >= 0.6 is 11.6 Å². The van der Waals surface area contributed by atoms with Gasteiger partial charge >= 0.3 is 0 Å². The molecule has 6 heteroatoms. The van der Waals surface area contributed by atoms with E-state index in [1.165, 1.54) is 6.07 Å². The second-order valence-corrected chi connectivity index (χ2v) is 5.64. The lowest BCUT2D eigenvalue weighted by atomic mass is 9.82. The van der Waals surface area contributed by atoms with Gasteiger partial charge in [-0.25, -0.2) is 4.39 Å². The van der Waals surface area contributed by atoms with E-state index in [0.29, 0.717) is 36.8 Å². The number of benzene rings is 1. The van der Waals surface area contributed by atoms with E-state index in [1.807, 2.05) is 6.92 Å². The van der Waals surface area contributed by atoms with E-state index >= 15 is 0 Å². The van der Waals surface area contributed by atoms with Crippen LogP contribution in [-0.2, 0) is 15.9 Å². The molecule has 1 saturated heterocycles. The summed E-state index contributed by atoms with van der Waals surface area (Å²) in [5, 5.41) is 0.411. The lowest BCUT2D eigenvalue weighted by molar-refractivity contribution is -0.126. The average molecular weight is 317 g/mol. The Kier molecular flexibility index (Phi) is 5.96. The minimum absolute atomic E-state index is 0.226. The number of nitrogens with one attached hydrogen (secondary N) is 1. The van der Waals surface area contributed by atoms with Gasteiger partial charge in [-0.05, 0) is 25.5 Å². The van der Waals surface area contributed by atoms with Gasteiger partial charge in [0.1, 0.15) is 5.82 Å². The maximum absolute atomic E-state index is 14.0. The predicted molar refractivity (Wildman–Crippen MR) is 80.6 cm³/mol. The van der Waals surface area contributed by atoms with Crippen molar-refractivity contribution in [2.24, 2.45) is 5.84 Å². The van der Waals surface area contributed by atoms with Crippen LogP contribution in [0, 0.1) is 5.82 Å². The van der Waals surface area contributed by atoms with Crippen LogP contribution in [0.2, 0.25) is 5.02 Å². The standard InChI is InChI=1S/C15H22ClFN2O2/c1-2-21-15(6-8-20-9-7-15)14(19-18)10-11-12(16)4-3-5-13(11)17/h3-5,14,19H,2,6-10,18H2,1H3. The molecule has 0 aliphatic carbocycles. The molecule has 0 aromatic heterocycles. The van der Waals surface area contributed by atoms with E-state index in [2.05, 4.69) is 5.43 Å².